The molecule has 3 heterocycles. The maximum atomic E-state index is 12.4. The van der Waals surface area contributed by atoms with Gasteiger partial charge in [-0.1, -0.05) is 25.3 Å². The van der Waals surface area contributed by atoms with Crippen molar-refractivity contribution in [2.24, 2.45) is 0 Å². The summed E-state index contributed by atoms with van der Waals surface area (Å²) in [5.41, 5.74) is 3.21. The lowest BCUT2D eigenvalue weighted by atomic mass is 9.96. The number of amides is 2. The molecule has 1 aromatic carbocycles. The highest BCUT2D eigenvalue weighted by molar-refractivity contribution is 5.89. The van der Waals surface area contributed by atoms with Crippen molar-refractivity contribution >= 4 is 28.6 Å². The van der Waals surface area contributed by atoms with Crippen LogP contribution in [0.15, 0.2) is 48.9 Å². The van der Waals surface area contributed by atoms with E-state index in [1.165, 1.54) is 24.8 Å². The Kier molecular flexibility index (Phi) is 5.65. The zero-order valence-electron chi connectivity index (χ0n) is 17.6. The fourth-order valence-electron chi connectivity index (χ4n) is 4.82. The Balaban J connectivity index is 1.33. The number of pyridine rings is 1. The summed E-state index contributed by atoms with van der Waals surface area (Å²) in [5.74, 6) is 0.336. The summed E-state index contributed by atoms with van der Waals surface area (Å²) in [6, 6.07) is 10.8. The molecule has 1 aliphatic heterocycles. The average molecular weight is 417 g/mol. The third kappa shape index (κ3) is 4.45. The molecule has 2 amide bonds. The zero-order valence-corrected chi connectivity index (χ0v) is 17.6. The molecule has 2 N–H and O–H groups in total. The summed E-state index contributed by atoms with van der Waals surface area (Å²) in [5, 5.41) is 6.82. The largest absolute Gasteiger partial charge is 0.364 e. The number of rotatable bonds is 4. The molecule has 7 heteroatoms. The fourth-order valence-corrected chi connectivity index (χ4v) is 4.82. The van der Waals surface area contributed by atoms with E-state index < -0.39 is 0 Å². The van der Waals surface area contributed by atoms with Gasteiger partial charge in [0.1, 0.15) is 0 Å². The second-order valence-electron chi connectivity index (χ2n) is 8.51. The van der Waals surface area contributed by atoms with Crippen LogP contribution in [-0.2, 0) is 0 Å². The van der Waals surface area contributed by atoms with Crippen LogP contribution in [0.1, 0.15) is 56.6 Å². The third-order valence-corrected chi connectivity index (χ3v) is 6.39. The first-order valence-electron chi connectivity index (χ1n) is 11.3. The van der Waals surface area contributed by atoms with E-state index in [2.05, 4.69) is 54.8 Å². The van der Waals surface area contributed by atoms with Crippen molar-refractivity contribution < 1.29 is 4.79 Å². The van der Waals surface area contributed by atoms with Gasteiger partial charge in [0.15, 0.2) is 0 Å². The van der Waals surface area contributed by atoms with Crippen LogP contribution in [0.25, 0.3) is 10.9 Å². The highest BCUT2D eigenvalue weighted by Crippen LogP contribution is 2.36. The fraction of sp³-hybridized carbons (Fsp3) is 0.417. The number of aromatic nitrogens is 3. The third-order valence-electron chi connectivity index (χ3n) is 6.39. The first-order valence-corrected chi connectivity index (χ1v) is 11.3. The van der Waals surface area contributed by atoms with Gasteiger partial charge in [0.25, 0.3) is 0 Å². The molecule has 1 atom stereocenters. The molecule has 1 aliphatic carbocycles. The number of fused-ring (bicyclic) bond motifs is 1. The highest BCUT2D eigenvalue weighted by Gasteiger charge is 2.26. The van der Waals surface area contributed by atoms with E-state index in [1.807, 2.05) is 18.5 Å². The molecule has 1 saturated heterocycles. The van der Waals surface area contributed by atoms with Crippen molar-refractivity contribution in [2.75, 3.05) is 16.8 Å². The van der Waals surface area contributed by atoms with Crippen molar-refractivity contribution in [1.29, 1.82) is 0 Å². The van der Waals surface area contributed by atoms with Crippen LogP contribution in [0, 0.1) is 0 Å². The summed E-state index contributed by atoms with van der Waals surface area (Å²) in [6.07, 6.45) is 13.5. The predicted octanol–water partition coefficient (Wildman–Crippen LogP) is 4.82. The van der Waals surface area contributed by atoms with Crippen LogP contribution in [-0.4, -0.2) is 33.6 Å². The van der Waals surface area contributed by atoms with Gasteiger partial charge in [-0.05, 0) is 55.5 Å². The van der Waals surface area contributed by atoms with Crippen molar-refractivity contribution in [3.05, 3.63) is 54.5 Å². The number of urea groups is 1. The summed E-state index contributed by atoms with van der Waals surface area (Å²) >= 11 is 0. The summed E-state index contributed by atoms with van der Waals surface area (Å²) in [4.78, 5) is 28.0. The molecule has 1 saturated carbocycles. The van der Waals surface area contributed by atoms with E-state index in [-0.39, 0.29) is 12.1 Å². The molecule has 0 bridgehead atoms. The number of anilines is 2. The maximum Gasteiger partial charge on any atom is 0.321 e. The van der Waals surface area contributed by atoms with Crippen molar-refractivity contribution in [3.63, 3.8) is 0 Å². The van der Waals surface area contributed by atoms with Crippen LogP contribution in [0.5, 0.6) is 0 Å². The van der Waals surface area contributed by atoms with E-state index in [4.69, 9.17) is 0 Å². The smallest absolute Gasteiger partial charge is 0.321 e. The van der Waals surface area contributed by atoms with Crippen LogP contribution in [0.2, 0.25) is 0 Å². The molecule has 2 aromatic heterocycles. The molecule has 0 spiro atoms. The molecule has 3 aromatic rings. The molecule has 2 aliphatic rings. The van der Waals surface area contributed by atoms with Gasteiger partial charge < -0.3 is 10.2 Å². The number of hydrogen-bond acceptors (Lipinski definition) is 5. The zero-order chi connectivity index (χ0) is 21.0. The molecule has 2 fully saturated rings. The molecule has 160 valence electrons. The molecule has 31 heavy (non-hydrogen) atoms. The maximum absolute atomic E-state index is 12.4. The van der Waals surface area contributed by atoms with E-state index in [1.54, 1.807) is 6.20 Å². The number of nitrogens with one attached hydrogen (secondary N) is 2. The van der Waals surface area contributed by atoms with Gasteiger partial charge in [-0.15, -0.1) is 0 Å². The summed E-state index contributed by atoms with van der Waals surface area (Å²) in [6.45, 7) is 1.01. The highest BCUT2D eigenvalue weighted by atomic mass is 16.2. The van der Waals surface area contributed by atoms with Crippen molar-refractivity contribution in [1.82, 2.24) is 20.3 Å². The second-order valence-corrected chi connectivity index (χ2v) is 8.51. The molecule has 7 nitrogen and oxygen atoms in total. The predicted molar refractivity (Wildman–Crippen MR) is 122 cm³/mol. The number of nitrogens with zero attached hydrogens (tertiary/aromatic N) is 4. The topological polar surface area (TPSA) is 83.0 Å². The van der Waals surface area contributed by atoms with Crippen LogP contribution < -0.4 is 15.5 Å². The molecular formula is C24H28N6O. The number of carbonyl (C=O) groups is 1. The normalized spacial score (nSPS) is 19.5. The van der Waals surface area contributed by atoms with Crippen LogP contribution in [0.3, 0.4) is 0 Å². The lowest BCUT2D eigenvalue weighted by molar-refractivity contribution is 0.244. The van der Waals surface area contributed by atoms with E-state index in [0.29, 0.717) is 12.0 Å². The van der Waals surface area contributed by atoms with Gasteiger partial charge in [0.05, 0.1) is 11.6 Å². The van der Waals surface area contributed by atoms with Gasteiger partial charge in [0, 0.05) is 42.3 Å². The minimum absolute atomic E-state index is 0.224. The Morgan fingerprint density at radius 1 is 1.03 bits per heavy atom. The minimum atomic E-state index is -0.224. The van der Waals surface area contributed by atoms with Crippen molar-refractivity contribution in [3.8, 4) is 0 Å². The Labute approximate surface area is 182 Å². The van der Waals surface area contributed by atoms with Gasteiger partial charge >= 0.3 is 6.03 Å². The van der Waals surface area contributed by atoms with Crippen LogP contribution in [0.4, 0.5) is 16.4 Å². The monoisotopic (exact) mass is 416 g/mol. The summed E-state index contributed by atoms with van der Waals surface area (Å²) < 4.78 is 0. The van der Waals surface area contributed by atoms with Crippen LogP contribution >= 0.6 is 0 Å². The Morgan fingerprint density at radius 3 is 2.77 bits per heavy atom. The quantitative estimate of drug-likeness (QED) is 0.637. The SMILES string of the molecule is O=C(Nc1ncc2ccc(N3CCCC3c3cccnc3)cc2n1)NC1CCCCC1. The Morgan fingerprint density at radius 2 is 1.94 bits per heavy atom. The van der Waals surface area contributed by atoms with Gasteiger partial charge in [-0.2, -0.15) is 0 Å². The number of benzene rings is 1. The number of carbonyl (C=O) groups excluding carboxylic acids is 1. The van der Waals surface area contributed by atoms with E-state index >= 15 is 0 Å². The van der Waals surface area contributed by atoms with Gasteiger partial charge in [-0.25, -0.2) is 14.8 Å². The standard InChI is InChI=1S/C24H28N6O/c31-24(27-19-7-2-1-3-8-19)29-23-26-16-17-10-11-20(14-21(17)28-23)30-13-5-9-22(30)18-6-4-12-25-15-18/h4,6,10-12,14-16,19,22H,1-3,5,7-9,13H2,(H2,26,27,28,29,31). The Bertz CT molecular complexity index is 1050. The van der Waals surface area contributed by atoms with E-state index in [9.17, 15) is 4.79 Å². The average Bonchev–Trinajstić information content (AvgIpc) is 3.30. The second kappa shape index (κ2) is 8.88. The van der Waals surface area contributed by atoms with Crippen molar-refractivity contribution in [2.45, 2.75) is 57.0 Å². The molecular weight excluding hydrogens is 388 g/mol. The molecule has 0 radical (unpaired) electrons. The lowest BCUT2D eigenvalue weighted by Crippen LogP contribution is -2.39. The number of hydrogen-bond donors (Lipinski definition) is 2. The Hall–Kier alpha value is -3.22. The lowest BCUT2D eigenvalue weighted by Gasteiger charge is -2.27. The first-order chi connectivity index (χ1) is 15.3. The minimum Gasteiger partial charge on any atom is -0.364 e. The van der Waals surface area contributed by atoms with Gasteiger partial charge in [0.2, 0.25) is 5.95 Å². The summed E-state index contributed by atoms with van der Waals surface area (Å²) in [7, 11) is 0. The van der Waals surface area contributed by atoms with E-state index in [0.717, 1.165) is 48.8 Å². The van der Waals surface area contributed by atoms with Gasteiger partial charge in [-0.3, -0.25) is 10.3 Å². The molecule has 1 unspecified atom stereocenters. The first kappa shape index (κ1) is 19.7. The molecule has 5 rings (SSSR count).